The number of hydrogen-bond acceptors (Lipinski definition) is 5. The van der Waals surface area contributed by atoms with E-state index in [1.54, 1.807) is 24.3 Å². The minimum absolute atomic E-state index is 0.308. The number of esters is 2. The summed E-state index contributed by atoms with van der Waals surface area (Å²) < 4.78 is 16.3. The quantitative estimate of drug-likeness (QED) is 0.132. The van der Waals surface area contributed by atoms with Gasteiger partial charge in [-0.2, -0.15) is 0 Å². The van der Waals surface area contributed by atoms with Gasteiger partial charge in [0.1, 0.15) is 0 Å². The van der Waals surface area contributed by atoms with Gasteiger partial charge in [-0.15, -0.1) is 0 Å². The number of hydrogen-bond donors (Lipinski definition) is 0. The van der Waals surface area contributed by atoms with E-state index >= 15 is 0 Å². The topological polar surface area (TPSA) is 61.8 Å². The van der Waals surface area contributed by atoms with Gasteiger partial charge in [0, 0.05) is 0 Å². The zero-order valence-corrected chi connectivity index (χ0v) is 19.3. The Hall–Kier alpha value is -2.04. The normalized spacial score (nSPS) is 11.2. The summed E-state index contributed by atoms with van der Waals surface area (Å²) in [4.78, 5) is 25.7. The molecule has 0 fully saturated rings. The van der Waals surface area contributed by atoms with Crippen LogP contribution < -0.4 is 9.47 Å². The molecule has 5 nitrogen and oxygen atoms in total. The number of rotatable bonds is 16. The molecule has 0 radical (unpaired) electrons. The highest BCUT2D eigenvalue weighted by molar-refractivity contribution is 6.00. The van der Waals surface area contributed by atoms with Crippen LogP contribution >= 0.6 is 0 Å². The van der Waals surface area contributed by atoms with E-state index in [0.717, 1.165) is 19.3 Å². The first-order valence-corrected chi connectivity index (χ1v) is 11.6. The van der Waals surface area contributed by atoms with Gasteiger partial charge < -0.3 is 14.2 Å². The molecule has 1 rings (SSSR count). The van der Waals surface area contributed by atoms with E-state index in [1.807, 2.05) is 13.8 Å². The van der Waals surface area contributed by atoms with Crippen LogP contribution in [-0.2, 0) is 14.3 Å². The Labute approximate surface area is 182 Å². The summed E-state index contributed by atoms with van der Waals surface area (Å²) in [5.41, 5.74) is -1.29. The lowest BCUT2D eigenvalue weighted by Crippen LogP contribution is -2.42. The summed E-state index contributed by atoms with van der Waals surface area (Å²) in [6.45, 7) is 6.20. The van der Waals surface area contributed by atoms with Crippen molar-refractivity contribution in [3.8, 4) is 11.5 Å². The second-order valence-electron chi connectivity index (χ2n) is 7.79. The average Bonchev–Trinajstić information content (AvgIpc) is 2.76. The first-order chi connectivity index (χ1) is 14.6. The van der Waals surface area contributed by atoms with Gasteiger partial charge in [-0.25, -0.2) is 0 Å². The van der Waals surface area contributed by atoms with E-state index in [0.29, 0.717) is 30.9 Å². The lowest BCUT2D eigenvalue weighted by molar-refractivity contribution is -0.168. The third-order valence-electron chi connectivity index (χ3n) is 5.74. The summed E-state index contributed by atoms with van der Waals surface area (Å²) in [5, 5.41) is 0. The van der Waals surface area contributed by atoms with Crippen molar-refractivity contribution in [2.75, 3.05) is 13.7 Å². The molecule has 0 aliphatic rings. The third kappa shape index (κ3) is 8.00. The van der Waals surface area contributed by atoms with Gasteiger partial charge in [-0.05, 0) is 31.4 Å². The Bertz CT molecular complexity index is 622. The summed E-state index contributed by atoms with van der Waals surface area (Å²) in [6.07, 6.45) is 11.4. The second kappa shape index (κ2) is 14.9. The van der Waals surface area contributed by atoms with Gasteiger partial charge in [0.15, 0.2) is 16.9 Å². The monoisotopic (exact) mass is 420 g/mol. The SMILES string of the molecule is CCCCCCCCCCCOC(=O)C(CC)(CC)C(=O)Oc1ccccc1OC. The number of ether oxygens (including phenoxy) is 3. The molecule has 0 spiro atoms. The van der Waals surface area contributed by atoms with Crippen LogP contribution in [0.2, 0.25) is 0 Å². The van der Waals surface area contributed by atoms with Crippen LogP contribution in [0.5, 0.6) is 11.5 Å². The number of carbonyl (C=O) groups is 2. The molecule has 0 atom stereocenters. The van der Waals surface area contributed by atoms with Crippen LogP contribution in [0.4, 0.5) is 0 Å². The maximum atomic E-state index is 12.9. The summed E-state index contributed by atoms with van der Waals surface area (Å²) in [5.74, 6) is -0.320. The highest BCUT2D eigenvalue weighted by atomic mass is 16.6. The second-order valence-corrected chi connectivity index (χ2v) is 7.79. The Morgan fingerprint density at radius 2 is 1.30 bits per heavy atom. The van der Waals surface area contributed by atoms with Crippen LogP contribution in [-0.4, -0.2) is 25.7 Å². The maximum Gasteiger partial charge on any atom is 0.328 e. The lowest BCUT2D eigenvalue weighted by atomic mass is 9.82. The number of para-hydroxylation sites is 2. The van der Waals surface area contributed by atoms with Crippen molar-refractivity contribution >= 4 is 11.9 Å². The molecule has 1 aromatic rings. The number of carbonyl (C=O) groups excluding carboxylic acids is 2. The van der Waals surface area contributed by atoms with Crippen LogP contribution in [0.15, 0.2) is 24.3 Å². The van der Waals surface area contributed by atoms with Crippen molar-refractivity contribution in [2.24, 2.45) is 5.41 Å². The molecule has 0 saturated carbocycles. The molecule has 0 unspecified atom stereocenters. The number of methoxy groups -OCH3 is 1. The molecule has 0 heterocycles. The molecule has 0 N–H and O–H groups in total. The van der Waals surface area contributed by atoms with Crippen molar-refractivity contribution < 1.29 is 23.8 Å². The van der Waals surface area contributed by atoms with Crippen LogP contribution in [0.1, 0.15) is 91.4 Å². The molecular formula is C25H40O5. The van der Waals surface area contributed by atoms with Crippen LogP contribution in [0, 0.1) is 5.41 Å². The van der Waals surface area contributed by atoms with E-state index in [4.69, 9.17) is 14.2 Å². The zero-order chi connectivity index (χ0) is 22.2. The largest absolute Gasteiger partial charge is 0.493 e. The van der Waals surface area contributed by atoms with Crippen molar-refractivity contribution in [1.29, 1.82) is 0 Å². The molecule has 0 amide bonds. The Morgan fingerprint density at radius 1 is 0.767 bits per heavy atom. The minimum Gasteiger partial charge on any atom is -0.493 e. The highest BCUT2D eigenvalue weighted by Crippen LogP contribution is 2.34. The molecule has 30 heavy (non-hydrogen) atoms. The first kappa shape index (κ1) is 26.0. The third-order valence-corrected chi connectivity index (χ3v) is 5.74. The van der Waals surface area contributed by atoms with Crippen molar-refractivity contribution in [3.05, 3.63) is 24.3 Å². The number of benzene rings is 1. The standard InChI is InChI=1S/C25H40O5/c1-5-8-9-10-11-12-13-14-17-20-29-23(26)25(6-2,7-3)24(27)30-22-19-16-15-18-21(22)28-4/h15-16,18-19H,5-14,17,20H2,1-4H3. The summed E-state index contributed by atoms with van der Waals surface area (Å²) >= 11 is 0. The van der Waals surface area contributed by atoms with Crippen molar-refractivity contribution in [3.63, 3.8) is 0 Å². The Kier molecular flexibility index (Phi) is 12.9. The zero-order valence-electron chi connectivity index (χ0n) is 19.3. The van der Waals surface area contributed by atoms with E-state index in [9.17, 15) is 9.59 Å². The molecule has 0 aromatic heterocycles. The van der Waals surface area contributed by atoms with E-state index < -0.39 is 17.4 Å². The van der Waals surface area contributed by atoms with Gasteiger partial charge in [0.2, 0.25) is 0 Å². The maximum absolute atomic E-state index is 12.9. The highest BCUT2D eigenvalue weighted by Gasteiger charge is 2.46. The van der Waals surface area contributed by atoms with Gasteiger partial charge in [0.05, 0.1) is 13.7 Å². The lowest BCUT2D eigenvalue weighted by Gasteiger charge is -2.27. The number of unbranched alkanes of at least 4 members (excludes halogenated alkanes) is 8. The van der Waals surface area contributed by atoms with Crippen molar-refractivity contribution in [2.45, 2.75) is 91.4 Å². The van der Waals surface area contributed by atoms with Crippen LogP contribution in [0.25, 0.3) is 0 Å². The molecular weight excluding hydrogens is 380 g/mol. The van der Waals surface area contributed by atoms with Gasteiger partial charge in [-0.3, -0.25) is 9.59 Å². The first-order valence-electron chi connectivity index (χ1n) is 11.6. The molecule has 0 saturated heterocycles. The van der Waals surface area contributed by atoms with Crippen LogP contribution in [0.3, 0.4) is 0 Å². The average molecular weight is 421 g/mol. The molecule has 0 aliphatic carbocycles. The molecule has 170 valence electrons. The van der Waals surface area contributed by atoms with E-state index in [1.165, 1.54) is 45.6 Å². The summed E-state index contributed by atoms with van der Waals surface area (Å²) in [6, 6.07) is 6.92. The van der Waals surface area contributed by atoms with Crippen molar-refractivity contribution in [1.82, 2.24) is 0 Å². The smallest absolute Gasteiger partial charge is 0.328 e. The fourth-order valence-corrected chi connectivity index (χ4v) is 3.53. The molecule has 5 heteroatoms. The predicted octanol–water partition coefficient (Wildman–Crippen LogP) is 6.48. The molecule has 0 aliphatic heterocycles. The Balaban J connectivity index is 2.48. The molecule has 0 bridgehead atoms. The van der Waals surface area contributed by atoms with Gasteiger partial charge in [-0.1, -0.05) is 84.3 Å². The fourth-order valence-electron chi connectivity index (χ4n) is 3.53. The van der Waals surface area contributed by atoms with E-state index in [-0.39, 0.29) is 0 Å². The van der Waals surface area contributed by atoms with Gasteiger partial charge >= 0.3 is 11.9 Å². The minimum atomic E-state index is -1.29. The Morgan fingerprint density at radius 3 is 1.83 bits per heavy atom. The molecule has 1 aromatic carbocycles. The van der Waals surface area contributed by atoms with E-state index in [2.05, 4.69) is 6.92 Å². The fraction of sp³-hybridized carbons (Fsp3) is 0.680. The predicted molar refractivity (Wildman–Crippen MR) is 120 cm³/mol. The van der Waals surface area contributed by atoms with Gasteiger partial charge in [0.25, 0.3) is 0 Å². The summed E-state index contributed by atoms with van der Waals surface area (Å²) in [7, 11) is 1.51.